The Bertz CT molecular complexity index is 559. The lowest BCUT2D eigenvalue weighted by Crippen LogP contribution is -2.63. The van der Waals surface area contributed by atoms with E-state index in [2.05, 4.69) is 5.32 Å². The topological polar surface area (TPSA) is 49.4 Å². The van der Waals surface area contributed by atoms with Gasteiger partial charge in [-0.15, -0.1) is 0 Å². The van der Waals surface area contributed by atoms with E-state index >= 15 is 0 Å². The second-order valence-electron chi connectivity index (χ2n) is 5.44. The number of halogens is 1. The van der Waals surface area contributed by atoms with E-state index in [4.69, 9.17) is 0 Å². The van der Waals surface area contributed by atoms with Crippen LogP contribution in [0.1, 0.15) is 38.7 Å². The van der Waals surface area contributed by atoms with Gasteiger partial charge in [-0.2, -0.15) is 0 Å². The summed E-state index contributed by atoms with van der Waals surface area (Å²) in [5.41, 5.74) is 1.05. The van der Waals surface area contributed by atoms with Crippen LogP contribution in [-0.4, -0.2) is 23.9 Å². The average Bonchev–Trinajstić information content (AvgIpc) is 2.45. The molecule has 1 fully saturated rings. The van der Waals surface area contributed by atoms with Gasteiger partial charge in [-0.1, -0.05) is 26.3 Å². The molecule has 0 saturated carbocycles. The summed E-state index contributed by atoms with van der Waals surface area (Å²) < 4.78 is 14.2. The zero-order valence-electron chi connectivity index (χ0n) is 12.6. The Morgan fingerprint density at radius 1 is 1.29 bits per heavy atom. The van der Waals surface area contributed by atoms with Gasteiger partial charge in [0.1, 0.15) is 17.9 Å². The van der Waals surface area contributed by atoms with Gasteiger partial charge in [-0.05, 0) is 37.5 Å². The summed E-state index contributed by atoms with van der Waals surface area (Å²) in [6.07, 6.45) is 1.78. The third-order valence-electron chi connectivity index (χ3n) is 3.79. The second-order valence-corrected chi connectivity index (χ2v) is 5.44. The molecule has 21 heavy (non-hydrogen) atoms. The first-order valence-electron chi connectivity index (χ1n) is 7.39. The van der Waals surface area contributed by atoms with Crippen LogP contribution < -0.4 is 10.2 Å². The number of amides is 2. The van der Waals surface area contributed by atoms with Gasteiger partial charge in [0.15, 0.2) is 0 Å². The van der Waals surface area contributed by atoms with Crippen LogP contribution in [0.3, 0.4) is 0 Å². The van der Waals surface area contributed by atoms with Gasteiger partial charge >= 0.3 is 0 Å². The minimum absolute atomic E-state index is 0.197. The van der Waals surface area contributed by atoms with Crippen LogP contribution in [0.15, 0.2) is 18.2 Å². The minimum atomic E-state index is -0.651. The highest BCUT2D eigenvalue weighted by molar-refractivity contribution is 6.08. The molecule has 2 atom stereocenters. The van der Waals surface area contributed by atoms with E-state index in [-0.39, 0.29) is 17.5 Å². The van der Waals surface area contributed by atoms with Gasteiger partial charge in [0.2, 0.25) is 11.8 Å². The van der Waals surface area contributed by atoms with E-state index < -0.39 is 17.9 Å². The molecular formula is C16H21FN2O2. The molecule has 2 rings (SSSR count). The highest BCUT2D eigenvalue weighted by atomic mass is 19.1. The number of anilines is 1. The van der Waals surface area contributed by atoms with Crippen molar-refractivity contribution in [2.45, 2.75) is 52.1 Å². The van der Waals surface area contributed by atoms with Crippen LogP contribution in [0.4, 0.5) is 10.1 Å². The maximum Gasteiger partial charge on any atom is 0.250 e. The summed E-state index contributed by atoms with van der Waals surface area (Å²) in [4.78, 5) is 26.2. The van der Waals surface area contributed by atoms with Crippen molar-refractivity contribution in [3.05, 3.63) is 29.6 Å². The van der Waals surface area contributed by atoms with Crippen LogP contribution >= 0.6 is 0 Å². The maximum atomic E-state index is 14.2. The third kappa shape index (κ3) is 2.91. The van der Waals surface area contributed by atoms with Crippen molar-refractivity contribution in [2.75, 3.05) is 4.90 Å². The second kappa shape index (κ2) is 6.24. The molecule has 4 nitrogen and oxygen atoms in total. The largest absolute Gasteiger partial charge is 0.342 e. The standard InChI is InChI=1S/C16H21FN2O2/c1-4-6-12-16(21)19(13(5-2)15(20)18-12)14-9-10(3)7-8-11(14)17/h7-9,12-13H,4-6H2,1-3H3,(H,18,20). The van der Waals surface area contributed by atoms with E-state index in [9.17, 15) is 14.0 Å². The first kappa shape index (κ1) is 15.5. The summed E-state index contributed by atoms with van der Waals surface area (Å²) in [5.74, 6) is -0.915. The fourth-order valence-electron chi connectivity index (χ4n) is 2.71. The normalized spacial score (nSPS) is 22.4. The van der Waals surface area contributed by atoms with Gasteiger partial charge in [-0.3, -0.25) is 14.5 Å². The van der Waals surface area contributed by atoms with E-state index in [0.717, 1.165) is 12.0 Å². The summed E-state index contributed by atoms with van der Waals surface area (Å²) in [7, 11) is 0. The number of benzene rings is 1. The predicted molar refractivity (Wildman–Crippen MR) is 79.5 cm³/mol. The Kier molecular flexibility index (Phi) is 4.60. The molecule has 1 heterocycles. The first-order valence-corrected chi connectivity index (χ1v) is 7.39. The number of carbonyl (C=O) groups excluding carboxylic acids is 2. The molecule has 114 valence electrons. The third-order valence-corrected chi connectivity index (χ3v) is 3.79. The number of aryl methyl sites for hydroxylation is 1. The molecule has 0 radical (unpaired) electrons. The number of hydrogen-bond acceptors (Lipinski definition) is 2. The van der Waals surface area contributed by atoms with Crippen molar-refractivity contribution in [3.8, 4) is 0 Å². The molecule has 2 unspecified atom stereocenters. The molecule has 0 aliphatic carbocycles. The lowest BCUT2D eigenvalue weighted by molar-refractivity contribution is -0.134. The Balaban J connectivity index is 2.46. The lowest BCUT2D eigenvalue weighted by Gasteiger charge is -2.38. The molecule has 5 heteroatoms. The number of carbonyl (C=O) groups is 2. The molecule has 0 aromatic heterocycles. The molecule has 1 saturated heterocycles. The summed E-state index contributed by atoms with van der Waals surface area (Å²) in [5, 5.41) is 2.75. The summed E-state index contributed by atoms with van der Waals surface area (Å²) in [6.45, 7) is 5.60. The molecule has 1 aromatic carbocycles. The van der Waals surface area contributed by atoms with Crippen LogP contribution in [0, 0.1) is 12.7 Å². The van der Waals surface area contributed by atoms with Crippen molar-refractivity contribution >= 4 is 17.5 Å². The maximum absolute atomic E-state index is 14.2. The summed E-state index contributed by atoms with van der Waals surface area (Å²) in [6, 6.07) is 3.40. The van der Waals surface area contributed by atoms with Crippen LogP contribution in [0.2, 0.25) is 0 Å². The zero-order chi connectivity index (χ0) is 15.6. The van der Waals surface area contributed by atoms with E-state index in [1.165, 1.54) is 11.0 Å². The van der Waals surface area contributed by atoms with Gasteiger partial charge in [0.25, 0.3) is 0 Å². The molecular weight excluding hydrogens is 271 g/mol. The zero-order valence-corrected chi connectivity index (χ0v) is 12.6. The predicted octanol–water partition coefficient (Wildman–Crippen LogP) is 2.54. The van der Waals surface area contributed by atoms with Gasteiger partial charge < -0.3 is 5.32 Å². The quantitative estimate of drug-likeness (QED) is 0.927. The SMILES string of the molecule is CCCC1NC(=O)C(CC)N(c2cc(C)ccc2F)C1=O. The minimum Gasteiger partial charge on any atom is -0.342 e. The number of rotatable bonds is 4. The van der Waals surface area contributed by atoms with Gasteiger partial charge in [0, 0.05) is 0 Å². The number of nitrogens with one attached hydrogen (secondary N) is 1. The number of piperazine rings is 1. The molecule has 1 aliphatic rings. The molecule has 1 N–H and O–H groups in total. The average molecular weight is 292 g/mol. The Morgan fingerprint density at radius 2 is 2.00 bits per heavy atom. The first-order chi connectivity index (χ1) is 9.99. The lowest BCUT2D eigenvalue weighted by atomic mass is 10.0. The van der Waals surface area contributed by atoms with Crippen LogP contribution in [0.25, 0.3) is 0 Å². The highest BCUT2D eigenvalue weighted by Crippen LogP contribution is 2.27. The van der Waals surface area contributed by atoms with Crippen molar-refractivity contribution < 1.29 is 14.0 Å². The summed E-state index contributed by atoms with van der Waals surface area (Å²) >= 11 is 0. The molecule has 1 aliphatic heterocycles. The fourth-order valence-corrected chi connectivity index (χ4v) is 2.71. The van der Waals surface area contributed by atoms with Crippen LogP contribution in [-0.2, 0) is 9.59 Å². The van der Waals surface area contributed by atoms with E-state index in [0.29, 0.717) is 12.8 Å². The van der Waals surface area contributed by atoms with Gasteiger partial charge in [0.05, 0.1) is 5.69 Å². The van der Waals surface area contributed by atoms with Gasteiger partial charge in [-0.25, -0.2) is 4.39 Å². The van der Waals surface area contributed by atoms with Crippen molar-refractivity contribution in [3.63, 3.8) is 0 Å². The monoisotopic (exact) mass is 292 g/mol. The van der Waals surface area contributed by atoms with E-state index in [1.807, 2.05) is 20.8 Å². The molecule has 1 aromatic rings. The van der Waals surface area contributed by atoms with Crippen molar-refractivity contribution in [1.29, 1.82) is 0 Å². The molecule has 2 amide bonds. The molecule has 0 spiro atoms. The Labute approximate surface area is 124 Å². The van der Waals surface area contributed by atoms with Crippen molar-refractivity contribution in [2.24, 2.45) is 0 Å². The fraction of sp³-hybridized carbons (Fsp3) is 0.500. The highest BCUT2D eigenvalue weighted by Gasteiger charge is 2.40. The van der Waals surface area contributed by atoms with E-state index in [1.54, 1.807) is 12.1 Å². The number of hydrogen-bond donors (Lipinski definition) is 1. The van der Waals surface area contributed by atoms with Crippen molar-refractivity contribution in [1.82, 2.24) is 5.32 Å². The Morgan fingerprint density at radius 3 is 2.62 bits per heavy atom. The number of nitrogens with zero attached hydrogens (tertiary/aromatic N) is 1. The van der Waals surface area contributed by atoms with Crippen LogP contribution in [0.5, 0.6) is 0 Å². The Hall–Kier alpha value is -1.91. The smallest absolute Gasteiger partial charge is 0.250 e. The molecule has 0 bridgehead atoms.